The zero-order valence-electron chi connectivity index (χ0n) is 14.5. The van der Waals surface area contributed by atoms with Gasteiger partial charge in [-0.2, -0.15) is 0 Å². The van der Waals surface area contributed by atoms with Crippen molar-refractivity contribution in [2.45, 2.75) is 47.5 Å². The Balaban J connectivity index is 1.62. The molecule has 2 heterocycles. The Hall–Kier alpha value is -2.20. The van der Waals surface area contributed by atoms with E-state index < -0.39 is 47.5 Å². The van der Waals surface area contributed by atoms with Gasteiger partial charge in [0.25, 0.3) is 0 Å². The van der Waals surface area contributed by atoms with Crippen LogP contribution in [-0.4, -0.2) is 73.0 Å². The summed E-state index contributed by atoms with van der Waals surface area (Å²) in [5.74, 6) is -1.34. The van der Waals surface area contributed by atoms with Gasteiger partial charge in [-0.25, -0.2) is 0 Å². The summed E-state index contributed by atoms with van der Waals surface area (Å²) in [4.78, 5) is 0. The van der Waals surface area contributed by atoms with Crippen molar-refractivity contribution in [3.8, 4) is 11.5 Å². The summed E-state index contributed by atoms with van der Waals surface area (Å²) in [6.45, 7) is 0. The molecule has 1 spiro atoms. The highest BCUT2D eigenvalue weighted by Crippen LogP contribution is 2.68. The van der Waals surface area contributed by atoms with Gasteiger partial charge in [0.2, 0.25) is 5.60 Å². The lowest BCUT2D eigenvalue weighted by Crippen LogP contribution is -2.80. The van der Waals surface area contributed by atoms with Crippen molar-refractivity contribution in [2.24, 2.45) is 0 Å². The SMILES string of the molecule is O[C@@H]1[C@@H](O)C2(Oc3cccc4cccc(c34)O2)[C@@]23O[C@@]2([C@@H](O)C=C[C@H]3O)[C@H]1O. The largest absolute Gasteiger partial charge is 0.446 e. The molecule has 1 saturated heterocycles. The minimum absolute atomic E-state index is 0.372. The van der Waals surface area contributed by atoms with Crippen LogP contribution in [0.3, 0.4) is 0 Å². The number of hydrogen-bond acceptors (Lipinski definition) is 8. The molecule has 2 fully saturated rings. The van der Waals surface area contributed by atoms with Crippen molar-refractivity contribution >= 4 is 10.8 Å². The van der Waals surface area contributed by atoms with Gasteiger partial charge in [0.15, 0.2) is 11.7 Å². The van der Waals surface area contributed by atoms with Gasteiger partial charge in [0, 0.05) is 0 Å². The second-order valence-electron chi connectivity index (χ2n) is 7.77. The van der Waals surface area contributed by atoms with Gasteiger partial charge in [-0.3, -0.25) is 0 Å². The maximum atomic E-state index is 11.0. The topological polar surface area (TPSA) is 132 Å². The van der Waals surface area contributed by atoms with Crippen LogP contribution in [0.5, 0.6) is 11.5 Å². The highest BCUT2D eigenvalue weighted by Gasteiger charge is 2.95. The Bertz CT molecular complexity index is 995. The summed E-state index contributed by atoms with van der Waals surface area (Å²) in [7, 11) is 0. The van der Waals surface area contributed by atoms with Crippen LogP contribution >= 0.6 is 0 Å². The van der Waals surface area contributed by atoms with Crippen molar-refractivity contribution in [3.05, 3.63) is 48.6 Å². The molecular formula is C20H18O8. The number of benzene rings is 2. The maximum Gasteiger partial charge on any atom is 0.315 e. The molecule has 6 rings (SSSR count). The number of hydrogen-bond donors (Lipinski definition) is 5. The van der Waals surface area contributed by atoms with Crippen LogP contribution in [0.2, 0.25) is 0 Å². The second kappa shape index (κ2) is 4.85. The average Bonchev–Trinajstić information content (AvgIpc) is 3.44. The molecule has 5 N–H and O–H groups in total. The van der Waals surface area contributed by atoms with E-state index in [2.05, 4.69) is 0 Å². The van der Waals surface area contributed by atoms with Crippen molar-refractivity contribution in [3.63, 3.8) is 0 Å². The fraction of sp³-hybridized carbons (Fsp3) is 0.400. The molecule has 2 aliphatic carbocycles. The average molecular weight is 386 g/mol. The van der Waals surface area contributed by atoms with Crippen LogP contribution in [0, 0.1) is 0 Å². The van der Waals surface area contributed by atoms with E-state index in [0.29, 0.717) is 16.9 Å². The van der Waals surface area contributed by atoms with Gasteiger partial charge in [0.05, 0.1) is 5.39 Å². The number of ether oxygens (including phenoxy) is 3. The number of epoxide rings is 1. The predicted molar refractivity (Wildman–Crippen MR) is 93.7 cm³/mol. The van der Waals surface area contributed by atoms with Crippen LogP contribution in [0.1, 0.15) is 0 Å². The Morgan fingerprint density at radius 3 is 2.00 bits per heavy atom. The van der Waals surface area contributed by atoms with Crippen molar-refractivity contribution in [2.75, 3.05) is 0 Å². The fourth-order valence-electron chi connectivity index (χ4n) is 5.24. The fourth-order valence-corrected chi connectivity index (χ4v) is 5.24. The lowest BCUT2D eigenvalue weighted by atomic mass is 9.63. The van der Waals surface area contributed by atoms with E-state index in [9.17, 15) is 25.5 Å². The third-order valence-corrected chi connectivity index (χ3v) is 6.55. The highest BCUT2D eigenvalue weighted by atomic mass is 16.8. The van der Waals surface area contributed by atoms with Gasteiger partial charge >= 0.3 is 5.79 Å². The van der Waals surface area contributed by atoms with E-state index in [4.69, 9.17) is 14.2 Å². The standard InChI is InChI=1S/C20H18O8/c21-12-7-8-13(22)19-18(12,28-19)16(24)15(23)17(25)20(19)26-10-5-1-3-9-4-2-6-11(27-20)14(9)10/h1-8,12-13,15-17,21-25H/t12-,13+,15-,16-,17+,18-,19-/m0/s1. The smallest absolute Gasteiger partial charge is 0.315 e. The summed E-state index contributed by atoms with van der Waals surface area (Å²) < 4.78 is 18.0. The van der Waals surface area contributed by atoms with Gasteiger partial charge < -0.3 is 39.7 Å². The third-order valence-electron chi connectivity index (χ3n) is 6.55. The molecule has 2 aliphatic heterocycles. The number of rotatable bonds is 0. The van der Waals surface area contributed by atoms with Gasteiger partial charge in [-0.1, -0.05) is 36.4 Å². The first kappa shape index (κ1) is 16.7. The number of aliphatic hydroxyl groups is 5. The van der Waals surface area contributed by atoms with Crippen LogP contribution in [0.15, 0.2) is 48.6 Å². The van der Waals surface area contributed by atoms with E-state index in [1.165, 1.54) is 12.2 Å². The first-order chi connectivity index (χ1) is 13.4. The minimum atomic E-state index is -2.08. The van der Waals surface area contributed by atoms with E-state index >= 15 is 0 Å². The molecular weight excluding hydrogens is 368 g/mol. The Kier molecular flexibility index (Phi) is 2.90. The van der Waals surface area contributed by atoms with E-state index in [0.717, 1.165) is 5.39 Å². The minimum Gasteiger partial charge on any atom is -0.446 e. The van der Waals surface area contributed by atoms with Crippen LogP contribution in [-0.2, 0) is 4.74 Å². The normalized spacial score (nSPS) is 44.4. The van der Waals surface area contributed by atoms with Crippen molar-refractivity contribution in [1.29, 1.82) is 0 Å². The maximum absolute atomic E-state index is 11.0. The zero-order chi connectivity index (χ0) is 19.5. The van der Waals surface area contributed by atoms with Crippen LogP contribution < -0.4 is 9.47 Å². The Morgan fingerprint density at radius 1 is 0.750 bits per heavy atom. The van der Waals surface area contributed by atoms with E-state index in [1.807, 2.05) is 12.1 Å². The monoisotopic (exact) mass is 386 g/mol. The molecule has 28 heavy (non-hydrogen) atoms. The molecule has 4 aliphatic rings. The summed E-state index contributed by atoms with van der Waals surface area (Å²) in [5.41, 5.74) is -3.60. The molecule has 2 aromatic carbocycles. The van der Waals surface area contributed by atoms with Gasteiger partial charge in [-0.15, -0.1) is 0 Å². The molecule has 0 unspecified atom stereocenters. The van der Waals surface area contributed by atoms with E-state index in [-0.39, 0.29) is 0 Å². The molecule has 7 atom stereocenters. The van der Waals surface area contributed by atoms with Crippen molar-refractivity contribution in [1.82, 2.24) is 0 Å². The lowest BCUT2D eigenvalue weighted by Gasteiger charge is -2.52. The molecule has 1 saturated carbocycles. The first-order valence-corrected chi connectivity index (χ1v) is 9.08. The van der Waals surface area contributed by atoms with Crippen molar-refractivity contribution < 1.29 is 39.7 Å². The summed E-state index contributed by atoms with van der Waals surface area (Å²) in [5, 5.41) is 55.1. The summed E-state index contributed by atoms with van der Waals surface area (Å²) >= 11 is 0. The Morgan fingerprint density at radius 2 is 1.36 bits per heavy atom. The van der Waals surface area contributed by atoms with Gasteiger partial charge in [0.1, 0.15) is 35.9 Å². The quantitative estimate of drug-likeness (QED) is 0.294. The van der Waals surface area contributed by atoms with Gasteiger partial charge in [-0.05, 0) is 17.5 Å². The molecule has 146 valence electrons. The lowest BCUT2D eigenvalue weighted by molar-refractivity contribution is -0.288. The number of aliphatic hydroxyl groups excluding tert-OH is 5. The molecule has 8 heteroatoms. The third kappa shape index (κ3) is 1.50. The molecule has 0 amide bonds. The zero-order valence-corrected chi connectivity index (χ0v) is 14.5. The molecule has 0 aromatic heterocycles. The molecule has 0 bridgehead atoms. The highest BCUT2D eigenvalue weighted by molar-refractivity contribution is 5.94. The van der Waals surface area contributed by atoms with Crippen LogP contribution in [0.4, 0.5) is 0 Å². The summed E-state index contributed by atoms with van der Waals surface area (Å²) in [6, 6.07) is 10.7. The van der Waals surface area contributed by atoms with Crippen LogP contribution in [0.25, 0.3) is 10.8 Å². The second-order valence-corrected chi connectivity index (χ2v) is 7.77. The molecule has 0 radical (unpaired) electrons. The molecule has 2 aromatic rings. The van der Waals surface area contributed by atoms with E-state index in [1.54, 1.807) is 24.3 Å². The molecule has 8 nitrogen and oxygen atoms in total. The first-order valence-electron chi connectivity index (χ1n) is 9.08. The predicted octanol–water partition coefficient (Wildman–Crippen LogP) is -0.797. The summed E-state index contributed by atoms with van der Waals surface area (Å²) in [6.07, 6.45) is -5.29. The Labute approximate surface area is 158 Å².